The van der Waals surface area contributed by atoms with Crippen molar-refractivity contribution in [3.8, 4) is 11.1 Å². The minimum atomic E-state index is 0. The molecule has 0 unspecified atom stereocenters. The number of hydrogen-bond acceptors (Lipinski definition) is 10. The van der Waals surface area contributed by atoms with Gasteiger partial charge in [0, 0.05) is 170 Å². The van der Waals surface area contributed by atoms with Gasteiger partial charge in [-0.15, -0.1) is 46.5 Å². The Kier molecular flexibility index (Phi) is 78.6. The van der Waals surface area contributed by atoms with E-state index in [1.165, 1.54) is 98.2 Å². The van der Waals surface area contributed by atoms with Crippen LogP contribution in [0.2, 0.25) is 0 Å². The third-order valence-electron chi connectivity index (χ3n) is 16.8. The van der Waals surface area contributed by atoms with E-state index in [4.69, 9.17) is 4.98 Å². The van der Waals surface area contributed by atoms with E-state index in [0.29, 0.717) is 0 Å². The second kappa shape index (κ2) is 75.9. The van der Waals surface area contributed by atoms with Gasteiger partial charge in [0.05, 0.1) is 27.6 Å². The summed E-state index contributed by atoms with van der Waals surface area (Å²) in [6.07, 6.45) is 12.7. The summed E-state index contributed by atoms with van der Waals surface area (Å²) in [4.78, 5) is 4.80. The van der Waals surface area contributed by atoms with Crippen LogP contribution in [-0.4, -0.2) is 63.0 Å². The molecule has 0 N–H and O–H groups in total. The summed E-state index contributed by atoms with van der Waals surface area (Å²) in [6.45, 7) is 64.7. The van der Waals surface area contributed by atoms with Gasteiger partial charge in [0.1, 0.15) is 0 Å². The van der Waals surface area contributed by atoms with Crippen molar-refractivity contribution in [2.24, 2.45) is 20.4 Å². The molecule has 9 nitrogen and oxygen atoms in total. The number of fused-ring (bicyclic) bond motifs is 8. The molecule has 13 aromatic rings. The predicted octanol–water partition coefficient (Wildman–Crippen LogP) is 32.5. The monoisotopic (exact) mass is 1960 g/mol. The molecule has 0 spiro atoms. The molecule has 122 heavy (non-hydrogen) atoms. The van der Waals surface area contributed by atoms with E-state index in [1.807, 2.05) is 209 Å². The quantitative estimate of drug-likeness (QED) is 0.0692. The largest absolute Gasteiger partial charge is 0.300 e. The molecule has 0 bridgehead atoms. The normalized spacial score (nSPS) is 9.70. The number of aromatic nitrogens is 1. The smallest absolute Gasteiger partial charge is 0.205 e. The van der Waals surface area contributed by atoms with E-state index in [1.54, 1.807) is 16.3 Å². The fourth-order valence-corrected chi connectivity index (χ4v) is 12.2. The molecule has 0 aliphatic heterocycles. The van der Waals surface area contributed by atoms with Gasteiger partial charge in [0.2, 0.25) is 5.13 Å². The Hall–Kier alpha value is -6.39. The summed E-state index contributed by atoms with van der Waals surface area (Å²) in [5.41, 5.74) is 22.1. The molecule has 0 saturated heterocycles. The first kappa shape index (κ1) is 126. The molecule has 0 amide bonds. The van der Waals surface area contributed by atoms with Gasteiger partial charge in [-0.2, -0.15) is 68.8 Å². The summed E-state index contributed by atoms with van der Waals surface area (Å²) >= 11 is 1.64. The first-order valence-corrected chi connectivity index (χ1v) is 44.4. The summed E-state index contributed by atoms with van der Waals surface area (Å²) < 4.78 is 1.17. The minimum absolute atomic E-state index is 0. The Labute approximate surface area is 849 Å². The summed E-state index contributed by atoms with van der Waals surface area (Å²) in [5.74, 6) is 0. The van der Waals surface area contributed by atoms with E-state index in [9.17, 15) is 0 Å². The molecule has 1 aliphatic carbocycles. The van der Waals surface area contributed by atoms with Gasteiger partial charge in [0.25, 0.3) is 0 Å². The van der Waals surface area contributed by atoms with Gasteiger partial charge in [-0.1, -0.05) is 403 Å². The van der Waals surface area contributed by atoms with Crippen LogP contribution in [0.4, 0.5) is 16.5 Å². The van der Waals surface area contributed by atoms with Crippen molar-refractivity contribution in [2.75, 3.05) is 43.2 Å². The molecule has 12 aromatic carbocycles. The van der Waals surface area contributed by atoms with Crippen LogP contribution in [0, 0.1) is 55.4 Å². The standard InChI is InChI=1S/C23H21N2.C21H18N3S.2C20H19N2.12C2H6.4Y/c1-16-12-13-17(2)18(14-16)15-24-25(3)23-21-10-6-4-8-19(21)20-9-5-7-11-22(20)23;1-14-8-9-15(2)17(12-14)13-22-24(3)21-23-20-18-7-5-4-6-16(18)10-11-19(20)25-21;1-15-11-12-16(2)18(13-15)14-21-22(3)20-10-6-8-17-7-4-5-9-19(17)20;1-15-8-9-16(2)19(12-15)14-21-22(3)20-11-10-17-6-4-5-7-18(17)13-20;12*1-2;;;;/h4-14,23H,1-3H3;4-12H,1-3H3;2*4-13H,1-3H3;12*1-2H3;;;;/q4*-1;;;;;;;;;;;;;;;;. The van der Waals surface area contributed by atoms with Gasteiger partial charge in [0.15, 0.2) is 0 Å². The van der Waals surface area contributed by atoms with Crippen LogP contribution in [0.15, 0.2) is 263 Å². The molecule has 0 saturated carbocycles. The number of aryl methyl sites for hydroxylation is 8. The second-order valence-electron chi connectivity index (χ2n) is 24.0. The zero-order valence-corrected chi connectivity index (χ0v) is 94.1. The fourth-order valence-electron chi connectivity index (χ4n) is 11.3. The number of thiazole rings is 1. The Bertz CT molecular complexity index is 4930. The van der Waals surface area contributed by atoms with E-state index < -0.39 is 0 Å². The maximum Gasteiger partial charge on any atom is 0.205 e. The summed E-state index contributed by atoms with van der Waals surface area (Å²) in [6, 6.07) is 84.5. The molecule has 0 atom stereocenters. The first-order valence-electron chi connectivity index (χ1n) is 43.6. The average molecular weight is 1960 g/mol. The van der Waals surface area contributed by atoms with E-state index in [-0.39, 0.29) is 137 Å². The number of benzene rings is 12. The van der Waals surface area contributed by atoms with Crippen molar-refractivity contribution in [1.82, 2.24) is 9.99 Å². The third kappa shape index (κ3) is 40.5. The van der Waals surface area contributed by atoms with Crippen LogP contribution >= 0.6 is 11.3 Å². The number of hydrogen-bond donors (Lipinski definition) is 0. The van der Waals surface area contributed by atoms with Gasteiger partial charge in [-0.05, 0) is 92.9 Å². The number of hydrazone groups is 4. The first-order chi connectivity index (χ1) is 57.5. The minimum Gasteiger partial charge on any atom is -0.300 e. The molecular weight excluding hydrogens is 1810 g/mol. The van der Waals surface area contributed by atoms with Gasteiger partial charge in [-0.25, -0.2) is 10.1 Å². The molecule has 14 heteroatoms. The molecular formula is C108H149N9SY4-4. The van der Waals surface area contributed by atoms with Crippen molar-refractivity contribution in [3.05, 3.63) is 321 Å². The Morgan fingerprint density at radius 3 is 1.02 bits per heavy atom. The van der Waals surface area contributed by atoms with Crippen LogP contribution in [0.3, 0.4) is 0 Å². The van der Waals surface area contributed by atoms with E-state index in [0.717, 1.165) is 49.8 Å². The van der Waals surface area contributed by atoms with Gasteiger partial charge in [-0.3, -0.25) is 30.3 Å². The summed E-state index contributed by atoms with van der Waals surface area (Å²) in [7, 11) is 7.85. The van der Waals surface area contributed by atoms with Crippen molar-refractivity contribution in [2.45, 2.75) is 228 Å². The molecule has 0 fully saturated rings. The second-order valence-corrected chi connectivity index (χ2v) is 25.0. The summed E-state index contributed by atoms with van der Waals surface area (Å²) in [5, 5.41) is 33.8. The Morgan fingerprint density at radius 1 is 0.287 bits per heavy atom. The zero-order chi connectivity index (χ0) is 89.8. The molecule has 14 rings (SSSR count). The van der Waals surface area contributed by atoms with Gasteiger partial charge < -0.3 is 5.01 Å². The van der Waals surface area contributed by atoms with E-state index >= 15 is 0 Å². The molecule has 1 aromatic heterocycles. The number of rotatable bonds is 12. The Balaban J connectivity index is -0.000000336. The topological polar surface area (TPSA) is 75.3 Å². The molecule has 4 radical (unpaired) electrons. The molecule has 1 heterocycles. The van der Waals surface area contributed by atoms with Gasteiger partial charge >= 0.3 is 0 Å². The SMILES string of the molecule is CC.CC.CC.CC.CC.CC.CC.CC.CC.CC.CC.CC.Cc1ccc(C)c([C-]=NN(C)C2c3ccccc3-c3ccccc32)c1.Cc1ccc(C)c([C-]=NN(C)c2ccc3ccccc3c2)c1.Cc1ccc(C)c([C-]=NN(C)c2cccc3ccccc23)c1.Cc1ccc(C)c([C-]=NN(C)c2nc3c(ccc4ccccc43)s2)c1.[Y].[Y].[Y].[Y]. The van der Waals surface area contributed by atoms with Crippen molar-refractivity contribution in [1.29, 1.82) is 0 Å². The van der Waals surface area contributed by atoms with Crippen molar-refractivity contribution in [3.63, 3.8) is 0 Å². The van der Waals surface area contributed by atoms with Crippen molar-refractivity contribution < 1.29 is 131 Å². The van der Waals surface area contributed by atoms with Crippen molar-refractivity contribution >= 4 is 95.2 Å². The average Bonchev–Trinajstić information content (AvgIpc) is 1.60. The zero-order valence-electron chi connectivity index (χ0n) is 81.9. The van der Waals surface area contributed by atoms with E-state index in [2.05, 4.69) is 343 Å². The van der Waals surface area contributed by atoms with Crippen LogP contribution in [0.5, 0.6) is 0 Å². The molecule has 648 valence electrons. The van der Waals surface area contributed by atoms with Crippen LogP contribution in [0.1, 0.15) is 250 Å². The van der Waals surface area contributed by atoms with Crippen LogP contribution in [-0.2, 0) is 131 Å². The van der Waals surface area contributed by atoms with Crippen LogP contribution < -0.4 is 15.0 Å². The predicted molar refractivity (Wildman–Crippen MR) is 538 cm³/mol. The molecule has 1 aliphatic rings. The van der Waals surface area contributed by atoms with Crippen LogP contribution in [0.25, 0.3) is 53.7 Å². The Morgan fingerprint density at radius 2 is 0.607 bits per heavy atom. The fraction of sp³-hybridized carbons (Fsp3) is 0.343. The number of anilines is 3. The maximum absolute atomic E-state index is 4.80. The number of nitrogens with zero attached hydrogens (tertiary/aromatic N) is 9. The third-order valence-corrected chi connectivity index (χ3v) is 17.9. The maximum atomic E-state index is 4.80.